The van der Waals surface area contributed by atoms with Crippen molar-refractivity contribution in [1.29, 1.82) is 0 Å². The predicted octanol–water partition coefficient (Wildman–Crippen LogP) is 0.711. The number of aliphatic hydroxyl groups excluding tert-OH is 5. The van der Waals surface area contributed by atoms with Gasteiger partial charge in [0.15, 0.2) is 12.1 Å². The first-order valence-electron chi connectivity index (χ1n) is 18.8. The Bertz CT molecular complexity index is 1760. The number of hydrogen-bond acceptors (Lipinski definition) is 13. The van der Waals surface area contributed by atoms with Gasteiger partial charge in [-0.2, -0.15) is 0 Å². The molecular formula is C40H48N2O13. The minimum absolute atomic E-state index is 0.0494. The Hall–Kier alpha value is -4.03. The molecule has 296 valence electrons. The Balaban J connectivity index is 1.01. The van der Waals surface area contributed by atoms with E-state index < -0.39 is 67.4 Å². The zero-order valence-corrected chi connectivity index (χ0v) is 30.2. The lowest BCUT2D eigenvalue weighted by Gasteiger charge is -2.39. The summed E-state index contributed by atoms with van der Waals surface area (Å²) in [5, 5.41) is 54.1. The molecule has 2 amide bonds. The van der Waals surface area contributed by atoms with E-state index in [1.807, 2.05) is 0 Å². The molecule has 7 rings (SSSR count). The first-order valence-corrected chi connectivity index (χ1v) is 18.8. The molecule has 2 aromatic carbocycles. The fourth-order valence-corrected chi connectivity index (χ4v) is 7.47. The van der Waals surface area contributed by atoms with Crippen molar-refractivity contribution < 1.29 is 63.6 Å². The second-order valence-electron chi connectivity index (χ2n) is 14.7. The standard InChI is InChI=1S/C40H48N2O13/c43-14-13-41-36(48)24-7-2-5-23(17-24)20-42-37(49)26-18-29(35-30(19-26)54-40(55-35,27-9-10-27)28-11-12-28)52-38(50)25-8-1-4-22(16-25)6-3-15-51-39-34(47)33(46)32(45)31(21-44)53-39/h1-8,16-17,19,27-35,39,43-47H,9-15,18,20-21H2,(H,41,48)(H,42,49). The van der Waals surface area contributed by atoms with E-state index in [1.54, 1.807) is 66.8 Å². The number of benzene rings is 2. The van der Waals surface area contributed by atoms with E-state index in [0.29, 0.717) is 22.3 Å². The molecule has 8 atom stereocenters. The van der Waals surface area contributed by atoms with Gasteiger partial charge in [0.25, 0.3) is 5.91 Å². The lowest BCUT2D eigenvalue weighted by Crippen LogP contribution is -2.59. The molecular weight excluding hydrogens is 716 g/mol. The number of amides is 2. The number of carbonyl (C=O) groups excluding carboxylic acids is 3. The Morgan fingerprint density at radius 2 is 1.62 bits per heavy atom. The molecule has 3 aliphatic carbocycles. The minimum Gasteiger partial charge on any atom is -0.456 e. The highest BCUT2D eigenvalue weighted by Crippen LogP contribution is 2.59. The maximum Gasteiger partial charge on any atom is 0.338 e. The van der Waals surface area contributed by atoms with E-state index in [0.717, 1.165) is 25.7 Å². The monoisotopic (exact) mass is 764 g/mol. The van der Waals surface area contributed by atoms with Crippen molar-refractivity contribution in [2.45, 2.75) is 93.5 Å². The van der Waals surface area contributed by atoms with Gasteiger partial charge in [-0.25, -0.2) is 4.79 Å². The van der Waals surface area contributed by atoms with Gasteiger partial charge in [0, 0.05) is 42.5 Å². The molecule has 2 aromatic rings. The van der Waals surface area contributed by atoms with Gasteiger partial charge in [0.1, 0.15) is 42.7 Å². The van der Waals surface area contributed by atoms with Crippen molar-refractivity contribution in [1.82, 2.24) is 10.6 Å². The summed E-state index contributed by atoms with van der Waals surface area (Å²) in [7, 11) is 0. The molecule has 0 radical (unpaired) electrons. The van der Waals surface area contributed by atoms with Gasteiger partial charge in [-0.15, -0.1) is 0 Å². The third-order valence-corrected chi connectivity index (χ3v) is 10.6. The number of esters is 1. The molecule has 8 unspecified atom stereocenters. The van der Waals surface area contributed by atoms with Crippen LogP contribution in [-0.2, 0) is 35.0 Å². The summed E-state index contributed by atoms with van der Waals surface area (Å²) in [5.74, 6) is -1.55. The van der Waals surface area contributed by atoms with E-state index >= 15 is 0 Å². The summed E-state index contributed by atoms with van der Waals surface area (Å²) >= 11 is 0. The maximum absolute atomic E-state index is 13.7. The molecule has 0 bridgehead atoms. The topological polar surface area (TPSA) is 223 Å². The second kappa shape index (κ2) is 17.0. The highest BCUT2D eigenvalue weighted by molar-refractivity contribution is 5.95. The number of carbonyl (C=O) groups is 3. The van der Waals surface area contributed by atoms with Gasteiger partial charge in [-0.05, 0) is 67.2 Å². The summed E-state index contributed by atoms with van der Waals surface area (Å²) in [4.78, 5) is 39.7. The van der Waals surface area contributed by atoms with E-state index in [4.69, 9.17) is 28.8 Å². The van der Waals surface area contributed by atoms with Crippen LogP contribution in [0.3, 0.4) is 0 Å². The van der Waals surface area contributed by atoms with Crippen LogP contribution in [0, 0.1) is 11.8 Å². The molecule has 7 N–H and O–H groups in total. The van der Waals surface area contributed by atoms with Crippen molar-refractivity contribution in [2.24, 2.45) is 11.8 Å². The number of hydrogen-bond donors (Lipinski definition) is 7. The molecule has 15 nitrogen and oxygen atoms in total. The summed E-state index contributed by atoms with van der Waals surface area (Å²) < 4.78 is 30.4. The summed E-state index contributed by atoms with van der Waals surface area (Å²) in [6.07, 6.45) is 0.228. The van der Waals surface area contributed by atoms with Gasteiger partial charge in [-0.3, -0.25) is 9.59 Å². The lowest BCUT2D eigenvalue weighted by molar-refractivity contribution is -0.298. The molecule has 55 heavy (non-hydrogen) atoms. The van der Waals surface area contributed by atoms with Crippen LogP contribution < -0.4 is 10.6 Å². The quantitative estimate of drug-likeness (QED) is 0.124. The molecule has 5 aliphatic rings. The van der Waals surface area contributed by atoms with Crippen LogP contribution in [0.4, 0.5) is 0 Å². The Morgan fingerprint density at radius 1 is 0.873 bits per heavy atom. The summed E-state index contributed by atoms with van der Waals surface area (Å²) in [6.45, 7) is -0.513. The molecule has 4 fully saturated rings. The Morgan fingerprint density at radius 3 is 2.35 bits per heavy atom. The van der Waals surface area contributed by atoms with Crippen LogP contribution in [0.2, 0.25) is 0 Å². The van der Waals surface area contributed by atoms with Gasteiger partial charge < -0.3 is 59.9 Å². The van der Waals surface area contributed by atoms with Crippen LogP contribution in [0.5, 0.6) is 0 Å². The fraction of sp³-hybridized carbons (Fsp3) is 0.525. The zero-order chi connectivity index (χ0) is 38.7. The highest BCUT2D eigenvalue weighted by atomic mass is 16.8. The molecule has 2 aliphatic heterocycles. The van der Waals surface area contributed by atoms with Gasteiger partial charge in [-0.1, -0.05) is 36.4 Å². The molecule has 2 saturated heterocycles. The lowest BCUT2D eigenvalue weighted by atomic mass is 9.91. The van der Waals surface area contributed by atoms with Crippen molar-refractivity contribution in [3.05, 3.63) is 88.5 Å². The average molecular weight is 765 g/mol. The number of rotatable bonds is 15. The zero-order valence-electron chi connectivity index (χ0n) is 30.2. The predicted molar refractivity (Wildman–Crippen MR) is 193 cm³/mol. The van der Waals surface area contributed by atoms with Gasteiger partial charge in [0.2, 0.25) is 5.91 Å². The summed E-state index contributed by atoms with van der Waals surface area (Å²) in [5.41, 5.74) is 2.43. The third-order valence-electron chi connectivity index (χ3n) is 10.6. The average Bonchev–Trinajstić information content (AvgIpc) is 4.15. The number of aliphatic hydroxyl groups is 5. The van der Waals surface area contributed by atoms with Crippen molar-refractivity contribution >= 4 is 23.9 Å². The minimum atomic E-state index is -1.55. The van der Waals surface area contributed by atoms with Crippen molar-refractivity contribution in [3.8, 4) is 0 Å². The number of fused-ring (bicyclic) bond motifs is 1. The van der Waals surface area contributed by atoms with E-state index in [1.165, 1.54) is 0 Å². The largest absolute Gasteiger partial charge is 0.456 e. The molecule has 2 heterocycles. The van der Waals surface area contributed by atoms with Crippen LogP contribution in [0.15, 0.2) is 66.3 Å². The van der Waals surface area contributed by atoms with Crippen LogP contribution in [0.25, 0.3) is 6.08 Å². The van der Waals surface area contributed by atoms with Crippen LogP contribution >= 0.6 is 0 Å². The molecule has 0 aromatic heterocycles. The molecule has 2 saturated carbocycles. The number of nitrogens with one attached hydrogen (secondary N) is 2. The van der Waals surface area contributed by atoms with E-state index in [9.17, 15) is 34.8 Å². The number of ether oxygens (including phenoxy) is 5. The maximum atomic E-state index is 13.7. The normalized spacial score (nSPS) is 30.0. The SMILES string of the molecule is O=C(NCc1cccc(C(=O)NCCO)c1)C1=CC2OC(C3CC3)(C3CC3)OC2C(OC(=O)c2cccc(C=CCOC3OC(CO)C(O)C(O)C3O)c2)C1. The highest BCUT2D eigenvalue weighted by Gasteiger charge is 2.64. The molecule has 0 spiro atoms. The van der Waals surface area contributed by atoms with Crippen molar-refractivity contribution in [2.75, 3.05) is 26.4 Å². The second-order valence-corrected chi connectivity index (χ2v) is 14.7. The van der Waals surface area contributed by atoms with Gasteiger partial charge in [0.05, 0.1) is 25.4 Å². The first-order chi connectivity index (χ1) is 26.6. The van der Waals surface area contributed by atoms with Crippen molar-refractivity contribution in [3.63, 3.8) is 0 Å². The summed E-state index contributed by atoms with van der Waals surface area (Å²) in [6, 6.07) is 13.6. The van der Waals surface area contributed by atoms with E-state index in [-0.39, 0.29) is 61.9 Å². The molecule has 15 heteroatoms. The fourth-order valence-electron chi connectivity index (χ4n) is 7.47. The van der Waals surface area contributed by atoms with E-state index in [2.05, 4.69) is 10.6 Å². The first kappa shape index (κ1) is 39.2. The Labute approximate surface area is 317 Å². The smallest absolute Gasteiger partial charge is 0.338 e. The Kier molecular flexibility index (Phi) is 12.1. The van der Waals surface area contributed by atoms with Crippen LogP contribution in [0.1, 0.15) is 63.9 Å². The van der Waals surface area contributed by atoms with Crippen LogP contribution in [-0.4, -0.2) is 124 Å². The van der Waals surface area contributed by atoms with Gasteiger partial charge >= 0.3 is 5.97 Å². The third kappa shape index (κ3) is 8.85.